The maximum Gasteiger partial charge on any atom is 0.267 e. The van der Waals surface area contributed by atoms with Crippen LogP contribution in [0.2, 0.25) is 0 Å². The van der Waals surface area contributed by atoms with Crippen LogP contribution in [0.3, 0.4) is 0 Å². The molecule has 0 aliphatic rings. The van der Waals surface area contributed by atoms with E-state index in [2.05, 4.69) is 9.82 Å². The lowest BCUT2D eigenvalue weighted by Gasteiger charge is -2.19. The van der Waals surface area contributed by atoms with E-state index in [1.165, 1.54) is 10.8 Å². The van der Waals surface area contributed by atoms with Crippen LogP contribution >= 0.6 is 0 Å². The number of nitrogens with zero attached hydrogens (tertiary/aromatic N) is 2. The van der Waals surface area contributed by atoms with Crippen molar-refractivity contribution >= 4 is 15.9 Å². The normalized spacial score (nSPS) is 13.4. The molecule has 118 valence electrons. The van der Waals surface area contributed by atoms with Crippen LogP contribution in [0.4, 0.5) is 0 Å². The van der Waals surface area contributed by atoms with Crippen molar-refractivity contribution in [2.24, 2.45) is 12.5 Å². The summed E-state index contributed by atoms with van der Waals surface area (Å²) in [7, 11) is -2.26. The number of hydrogen-bond acceptors (Lipinski definition) is 4. The minimum Gasteiger partial charge on any atom is -0.271 e. The van der Waals surface area contributed by atoms with Gasteiger partial charge in [0.15, 0.2) is 0 Å². The molecule has 0 saturated carbocycles. The third-order valence-electron chi connectivity index (χ3n) is 3.48. The van der Waals surface area contributed by atoms with Gasteiger partial charge in [0, 0.05) is 13.1 Å². The third kappa shape index (κ3) is 3.93. The van der Waals surface area contributed by atoms with Gasteiger partial charge >= 0.3 is 0 Å². The fourth-order valence-corrected chi connectivity index (χ4v) is 3.15. The molecule has 0 atom stereocenters. The van der Waals surface area contributed by atoms with Gasteiger partial charge in [-0.15, -0.1) is 0 Å². The summed E-state index contributed by atoms with van der Waals surface area (Å²) in [5, 5.41) is 4.06. The van der Waals surface area contributed by atoms with Gasteiger partial charge in [-0.1, -0.05) is 26.3 Å². The number of amides is 1. The molecule has 1 amide bonds. The van der Waals surface area contributed by atoms with E-state index >= 15 is 0 Å². The second kappa shape index (κ2) is 5.63. The van der Waals surface area contributed by atoms with Crippen LogP contribution in [0.15, 0.2) is 16.5 Å². The lowest BCUT2D eigenvalue weighted by molar-refractivity contribution is -0.114. The zero-order valence-corrected chi connectivity index (χ0v) is 14.4. The predicted octanol–water partition coefficient (Wildman–Crippen LogP) is 1.83. The highest BCUT2D eigenvalue weighted by atomic mass is 32.2. The van der Waals surface area contributed by atoms with Crippen molar-refractivity contribution < 1.29 is 13.2 Å². The Balaban J connectivity index is 3.10. The maximum atomic E-state index is 12.3. The lowest BCUT2D eigenvalue weighted by Crippen LogP contribution is -2.30. The van der Waals surface area contributed by atoms with E-state index in [1.807, 2.05) is 20.8 Å². The average molecular weight is 313 g/mol. The van der Waals surface area contributed by atoms with E-state index in [-0.39, 0.29) is 10.3 Å². The average Bonchev–Trinajstić information content (AvgIpc) is 2.50. The topological polar surface area (TPSA) is 81.1 Å². The quantitative estimate of drug-likeness (QED) is 0.863. The number of sulfonamides is 1. The molecule has 0 aromatic carbocycles. The largest absolute Gasteiger partial charge is 0.271 e. The number of aromatic nitrogens is 2. The molecule has 7 heteroatoms. The second-order valence-corrected chi connectivity index (χ2v) is 7.79. The van der Waals surface area contributed by atoms with Crippen molar-refractivity contribution in [3.05, 3.63) is 23.0 Å². The molecule has 1 aromatic rings. The van der Waals surface area contributed by atoms with Gasteiger partial charge in [0.1, 0.15) is 4.90 Å². The lowest BCUT2D eigenvalue weighted by atomic mass is 9.87. The summed E-state index contributed by atoms with van der Waals surface area (Å²) in [5.74, 6) is -0.648. The molecule has 0 bridgehead atoms. The molecule has 1 N–H and O–H groups in total. The van der Waals surface area contributed by atoms with Crippen LogP contribution in [-0.2, 0) is 21.9 Å². The van der Waals surface area contributed by atoms with Crippen molar-refractivity contribution in [2.45, 2.75) is 46.4 Å². The van der Waals surface area contributed by atoms with Crippen molar-refractivity contribution in [2.75, 3.05) is 0 Å². The van der Waals surface area contributed by atoms with Gasteiger partial charge in [-0.25, -0.2) is 13.1 Å². The Morgan fingerprint density at radius 3 is 2.19 bits per heavy atom. The Morgan fingerprint density at radius 1 is 1.29 bits per heavy atom. The molecule has 6 nitrogen and oxygen atoms in total. The molecule has 0 unspecified atom stereocenters. The SMILES string of the molecule is C/C(=C\C(=O)NS(=O)(=O)c1c(C)nn(C)c1C)C(C)(C)C. The fourth-order valence-electron chi connectivity index (χ4n) is 1.77. The molecule has 0 aliphatic heterocycles. The first-order chi connectivity index (χ1) is 9.36. The van der Waals surface area contributed by atoms with E-state index in [1.54, 1.807) is 27.8 Å². The van der Waals surface area contributed by atoms with E-state index in [4.69, 9.17) is 0 Å². The zero-order valence-electron chi connectivity index (χ0n) is 13.6. The monoisotopic (exact) mass is 313 g/mol. The number of hydrogen-bond donors (Lipinski definition) is 1. The molecule has 1 aromatic heterocycles. The second-order valence-electron chi connectivity index (χ2n) is 6.17. The first-order valence-electron chi connectivity index (χ1n) is 6.62. The molecule has 0 spiro atoms. The number of carbonyl (C=O) groups is 1. The summed E-state index contributed by atoms with van der Waals surface area (Å²) in [6, 6.07) is 0. The van der Waals surface area contributed by atoms with Crippen molar-refractivity contribution in [3.8, 4) is 0 Å². The van der Waals surface area contributed by atoms with Gasteiger partial charge in [-0.2, -0.15) is 5.10 Å². The summed E-state index contributed by atoms with van der Waals surface area (Å²) in [5.41, 5.74) is 1.47. The Kier molecular flexibility index (Phi) is 4.67. The van der Waals surface area contributed by atoms with Crippen LogP contribution in [-0.4, -0.2) is 24.1 Å². The van der Waals surface area contributed by atoms with Crippen LogP contribution in [0.25, 0.3) is 0 Å². The van der Waals surface area contributed by atoms with Gasteiger partial charge in [0.2, 0.25) is 0 Å². The summed E-state index contributed by atoms with van der Waals surface area (Å²) in [6.07, 6.45) is 1.32. The van der Waals surface area contributed by atoms with Gasteiger partial charge in [-0.3, -0.25) is 9.48 Å². The number of allylic oxidation sites excluding steroid dienone is 1. The number of aryl methyl sites for hydroxylation is 2. The molecule has 0 saturated heterocycles. The minimum absolute atomic E-state index is 0.0557. The van der Waals surface area contributed by atoms with Gasteiger partial charge in [0.05, 0.1) is 11.4 Å². The highest BCUT2D eigenvalue weighted by molar-refractivity contribution is 7.90. The first-order valence-corrected chi connectivity index (χ1v) is 8.10. The van der Waals surface area contributed by atoms with Crippen LogP contribution < -0.4 is 4.72 Å². The Bertz CT molecular complexity index is 692. The van der Waals surface area contributed by atoms with Gasteiger partial charge in [-0.05, 0) is 26.2 Å². The smallest absolute Gasteiger partial charge is 0.267 e. The molecule has 1 rings (SSSR count). The Morgan fingerprint density at radius 2 is 1.81 bits per heavy atom. The molecule has 0 aliphatic carbocycles. The molecular formula is C14H23N3O3S. The summed E-state index contributed by atoms with van der Waals surface area (Å²) >= 11 is 0. The Hall–Kier alpha value is -1.63. The fraction of sp³-hybridized carbons (Fsp3) is 0.571. The van der Waals surface area contributed by atoms with E-state index in [9.17, 15) is 13.2 Å². The van der Waals surface area contributed by atoms with Crippen LogP contribution in [0, 0.1) is 19.3 Å². The van der Waals surface area contributed by atoms with Crippen LogP contribution in [0.5, 0.6) is 0 Å². The molecular weight excluding hydrogens is 290 g/mol. The van der Waals surface area contributed by atoms with Gasteiger partial charge in [0.25, 0.3) is 15.9 Å². The zero-order chi connectivity index (χ0) is 16.6. The number of nitrogens with one attached hydrogen (secondary N) is 1. The Labute approximate surface area is 126 Å². The summed E-state index contributed by atoms with van der Waals surface area (Å²) < 4.78 is 28.2. The summed E-state index contributed by atoms with van der Waals surface area (Å²) in [6.45, 7) is 10.9. The minimum atomic E-state index is -3.92. The van der Waals surface area contributed by atoms with Crippen molar-refractivity contribution in [1.29, 1.82) is 0 Å². The van der Waals surface area contributed by atoms with E-state index < -0.39 is 15.9 Å². The summed E-state index contributed by atoms with van der Waals surface area (Å²) in [4.78, 5) is 12.0. The molecule has 21 heavy (non-hydrogen) atoms. The maximum absolute atomic E-state index is 12.3. The molecule has 0 fully saturated rings. The molecule has 0 radical (unpaired) electrons. The van der Waals surface area contributed by atoms with Crippen molar-refractivity contribution in [3.63, 3.8) is 0 Å². The number of carbonyl (C=O) groups excluding carboxylic acids is 1. The highest BCUT2D eigenvalue weighted by Gasteiger charge is 2.25. The van der Waals surface area contributed by atoms with E-state index in [0.717, 1.165) is 5.57 Å². The molecule has 1 heterocycles. The standard InChI is InChI=1S/C14H23N3O3S/c1-9(14(4,5)6)8-12(18)16-21(19,20)13-10(2)15-17(7)11(13)3/h8H,1-7H3,(H,16,18)/b9-8+. The number of rotatable bonds is 3. The van der Waals surface area contributed by atoms with Crippen LogP contribution in [0.1, 0.15) is 39.1 Å². The third-order valence-corrected chi connectivity index (χ3v) is 5.08. The van der Waals surface area contributed by atoms with Gasteiger partial charge < -0.3 is 0 Å². The highest BCUT2D eigenvalue weighted by Crippen LogP contribution is 2.24. The first kappa shape index (κ1) is 17.4. The van der Waals surface area contributed by atoms with E-state index in [0.29, 0.717) is 11.4 Å². The predicted molar refractivity (Wildman–Crippen MR) is 81.2 cm³/mol. The van der Waals surface area contributed by atoms with Crippen molar-refractivity contribution in [1.82, 2.24) is 14.5 Å².